The first-order valence-corrected chi connectivity index (χ1v) is 9.31. The molecular formula is C20H26N2O4. The van der Waals surface area contributed by atoms with Crippen LogP contribution in [0.25, 0.3) is 0 Å². The van der Waals surface area contributed by atoms with Gasteiger partial charge in [-0.2, -0.15) is 0 Å². The summed E-state index contributed by atoms with van der Waals surface area (Å²) in [5.41, 5.74) is 0.613. The van der Waals surface area contributed by atoms with Gasteiger partial charge in [-0.3, -0.25) is 14.4 Å². The molecule has 3 saturated heterocycles. The summed E-state index contributed by atoms with van der Waals surface area (Å²) >= 11 is 0. The predicted molar refractivity (Wildman–Crippen MR) is 97.0 cm³/mol. The number of nitrogens with zero attached hydrogens (tertiary/aromatic N) is 2. The maximum absolute atomic E-state index is 12.6. The van der Waals surface area contributed by atoms with Crippen LogP contribution in [0.2, 0.25) is 0 Å². The smallest absolute Gasteiger partial charge is 0.260 e. The second-order valence-corrected chi connectivity index (χ2v) is 7.13. The summed E-state index contributed by atoms with van der Waals surface area (Å²) in [6, 6.07) is 6.90. The van der Waals surface area contributed by atoms with Crippen molar-refractivity contribution in [2.45, 2.75) is 39.2 Å². The number of benzene rings is 1. The van der Waals surface area contributed by atoms with Crippen LogP contribution in [-0.2, 0) is 9.59 Å². The maximum atomic E-state index is 12.6. The minimum atomic E-state index is -0.0938. The SMILES string of the molecule is CCCN1C(=O)C2CCC1CN(C(=O)COc1ccc(C(C)=O)cc1)C2. The highest BCUT2D eigenvalue weighted by molar-refractivity contribution is 5.94. The van der Waals surface area contributed by atoms with E-state index in [9.17, 15) is 14.4 Å². The fourth-order valence-electron chi connectivity index (χ4n) is 3.80. The molecule has 4 rings (SSSR count). The second kappa shape index (κ2) is 7.89. The van der Waals surface area contributed by atoms with Crippen LogP contribution in [0.15, 0.2) is 24.3 Å². The van der Waals surface area contributed by atoms with Crippen LogP contribution in [-0.4, -0.2) is 59.7 Å². The van der Waals surface area contributed by atoms with Gasteiger partial charge >= 0.3 is 0 Å². The monoisotopic (exact) mass is 358 g/mol. The van der Waals surface area contributed by atoms with Crippen LogP contribution in [0.3, 0.4) is 0 Å². The molecule has 140 valence electrons. The van der Waals surface area contributed by atoms with Crippen molar-refractivity contribution in [3.05, 3.63) is 29.8 Å². The number of carbonyl (C=O) groups excluding carboxylic acids is 3. The molecule has 2 bridgehead atoms. The average molecular weight is 358 g/mol. The van der Waals surface area contributed by atoms with Crippen LogP contribution >= 0.6 is 0 Å². The topological polar surface area (TPSA) is 66.9 Å². The van der Waals surface area contributed by atoms with Crippen molar-refractivity contribution in [1.29, 1.82) is 0 Å². The predicted octanol–water partition coefficient (Wildman–Crippen LogP) is 2.13. The van der Waals surface area contributed by atoms with Crippen LogP contribution in [0, 0.1) is 5.92 Å². The van der Waals surface area contributed by atoms with Crippen LogP contribution in [0.5, 0.6) is 5.75 Å². The Kier molecular flexibility index (Phi) is 5.59. The molecule has 3 heterocycles. The Morgan fingerprint density at radius 3 is 2.54 bits per heavy atom. The maximum Gasteiger partial charge on any atom is 0.260 e. The molecule has 3 fully saturated rings. The van der Waals surface area contributed by atoms with Gasteiger partial charge in [-0.25, -0.2) is 0 Å². The summed E-state index contributed by atoms with van der Waals surface area (Å²) < 4.78 is 5.59. The summed E-state index contributed by atoms with van der Waals surface area (Å²) in [4.78, 5) is 40.2. The number of Topliss-reactive ketones (excluding diaryl/α,β-unsaturated/α-hetero) is 1. The van der Waals surface area contributed by atoms with Crippen molar-refractivity contribution in [3.8, 4) is 5.75 Å². The lowest BCUT2D eigenvalue weighted by molar-refractivity contribution is -0.139. The summed E-state index contributed by atoms with van der Waals surface area (Å²) in [6.07, 6.45) is 2.76. The molecule has 3 aliphatic heterocycles. The van der Waals surface area contributed by atoms with Gasteiger partial charge in [0.05, 0.1) is 5.92 Å². The molecule has 2 unspecified atom stereocenters. The molecule has 0 spiro atoms. The van der Waals surface area contributed by atoms with Gasteiger partial charge in [0.1, 0.15) is 5.75 Å². The van der Waals surface area contributed by atoms with E-state index < -0.39 is 0 Å². The number of ketones is 1. The minimum Gasteiger partial charge on any atom is -0.484 e. The summed E-state index contributed by atoms with van der Waals surface area (Å²) in [6.45, 7) is 5.37. The lowest BCUT2D eigenvalue weighted by Crippen LogP contribution is -2.48. The molecule has 3 aliphatic rings. The van der Waals surface area contributed by atoms with E-state index in [0.717, 1.165) is 25.8 Å². The molecule has 6 heteroatoms. The third kappa shape index (κ3) is 3.89. The van der Waals surface area contributed by atoms with Crippen molar-refractivity contribution >= 4 is 17.6 Å². The molecular weight excluding hydrogens is 332 g/mol. The first-order chi connectivity index (χ1) is 12.5. The molecule has 6 nitrogen and oxygen atoms in total. The zero-order valence-electron chi connectivity index (χ0n) is 15.4. The quantitative estimate of drug-likeness (QED) is 0.731. The van der Waals surface area contributed by atoms with Crippen molar-refractivity contribution in [2.75, 3.05) is 26.2 Å². The average Bonchev–Trinajstić information content (AvgIpc) is 2.93. The first kappa shape index (κ1) is 18.4. The standard InChI is InChI=1S/C20H26N2O4/c1-3-10-22-17-7-4-16(20(22)25)11-21(12-17)19(24)13-26-18-8-5-15(6-9-18)14(2)23/h5-6,8-9,16-17H,3-4,7,10-13H2,1-2H3. The summed E-state index contributed by atoms with van der Waals surface area (Å²) in [7, 11) is 0. The zero-order chi connectivity index (χ0) is 18.7. The molecule has 2 amide bonds. The molecule has 0 radical (unpaired) electrons. The van der Waals surface area contributed by atoms with Crippen molar-refractivity contribution in [2.24, 2.45) is 5.92 Å². The number of amides is 2. The number of hydrogen-bond donors (Lipinski definition) is 0. The van der Waals surface area contributed by atoms with Gasteiger partial charge in [0, 0.05) is 31.2 Å². The van der Waals surface area contributed by atoms with E-state index >= 15 is 0 Å². The van der Waals surface area contributed by atoms with Gasteiger partial charge in [-0.1, -0.05) is 6.92 Å². The Hall–Kier alpha value is -2.37. The number of carbonyl (C=O) groups is 3. The number of rotatable bonds is 6. The van der Waals surface area contributed by atoms with E-state index in [1.165, 1.54) is 6.92 Å². The number of fused-ring (bicyclic) bond motifs is 4. The van der Waals surface area contributed by atoms with Gasteiger partial charge < -0.3 is 14.5 Å². The Labute approximate surface area is 154 Å². The van der Waals surface area contributed by atoms with E-state index in [2.05, 4.69) is 6.92 Å². The fourth-order valence-corrected chi connectivity index (χ4v) is 3.80. The van der Waals surface area contributed by atoms with E-state index in [4.69, 9.17) is 4.74 Å². The second-order valence-electron chi connectivity index (χ2n) is 7.13. The van der Waals surface area contributed by atoms with E-state index in [1.54, 1.807) is 29.2 Å². The van der Waals surface area contributed by atoms with E-state index in [1.807, 2.05) is 4.90 Å². The summed E-state index contributed by atoms with van der Waals surface area (Å²) in [5.74, 6) is 0.570. The third-order valence-corrected chi connectivity index (χ3v) is 5.23. The largest absolute Gasteiger partial charge is 0.484 e. The summed E-state index contributed by atoms with van der Waals surface area (Å²) in [5, 5.41) is 0. The Morgan fingerprint density at radius 2 is 1.88 bits per heavy atom. The number of ether oxygens (including phenoxy) is 1. The van der Waals surface area contributed by atoms with Crippen LogP contribution in [0.1, 0.15) is 43.5 Å². The fraction of sp³-hybridized carbons (Fsp3) is 0.550. The molecule has 1 aromatic rings. The lowest BCUT2D eigenvalue weighted by Gasteiger charge is -2.35. The van der Waals surface area contributed by atoms with Crippen LogP contribution in [0.4, 0.5) is 0 Å². The highest BCUT2D eigenvalue weighted by atomic mass is 16.5. The van der Waals surface area contributed by atoms with Crippen molar-refractivity contribution in [3.63, 3.8) is 0 Å². The highest BCUT2D eigenvalue weighted by Crippen LogP contribution is 2.29. The Balaban J connectivity index is 1.60. The normalized spacial score (nSPS) is 22.3. The zero-order valence-corrected chi connectivity index (χ0v) is 15.4. The molecule has 1 aromatic carbocycles. The van der Waals surface area contributed by atoms with E-state index in [-0.39, 0.29) is 36.2 Å². The van der Waals surface area contributed by atoms with E-state index in [0.29, 0.717) is 24.4 Å². The van der Waals surface area contributed by atoms with Crippen molar-refractivity contribution in [1.82, 2.24) is 9.80 Å². The minimum absolute atomic E-state index is 0.00558. The Morgan fingerprint density at radius 1 is 1.15 bits per heavy atom. The molecule has 0 aromatic heterocycles. The lowest BCUT2D eigenvalue weighted by atomic mass is 9.94. The van der Waals surface area contributed by atoms with Gasteiger partial charge in [-0.05, 0) is 50.5 Å². The molecule has 0 aliphatic carbocycles. The highest BCUT2D eigenvalue weighted by Gasteiger charge is 2.41. The molecule has 26 heavy (non-hydrogen) atoms. The first-order valence-electron chi connectivity index (χ1n) is 9.31. The third-order valence-electron chi connectivity index (χ3n) is 5.23. The van der Waals surface area contributed by atoms with Gasteiger partial charge in [0.25, 0.3) is 5.91 Å². The van der Waals surface area contributed by atoms with Gasteiger partial charge in [-0.15, -0.1) is 0 Å². The van der Waals surface area contributed by atoms with Crippen molar-refractivity contribution < 1.29 is 19.1 Å². The molecule has 0 N–H and O–H groups in total. The number of piperidine rings is 1. The molecule has 0 saturated carbocycles. The molecule has 2 atom stereocenters. The van der Waals surface area contributed by atoms with Crippen LogP contribution < -0.4 is 4.74 Å². The van der Waals surface area contributed by atoms with Gasteiger partial charge in [0.15, 0.2) is 12.4 Å². The Bertz CT molecular complexity index is 686. The van der Waals surface area contributed by atoms with Gasteiger partial charge in [0.2, 0.25) is 5.91 Å². The number of hydrogen-bond acceptors (Lipinski definition) is 4.